The molecule has 1 atom stereocenters. The zero-order valence-corrected chi connectivity index (χ0v) is 22.7. The number of benzene rings is 3. The average molecular weight is 570 g/mol. The molecule has 0 saturated carbocycles. The highest BCUT2D eigenvalue weighted by Gasteiger charge is 2.38. The number of hydrogen-bond donors (Lipinski definition) is 1. The first-order chi connectivity index (χ1) is 20.1. The lowest BCUT2D eigenvalue weighted by molar-refractivity contribution is -0.142. The number of fused-ring (bicyclic) bond motifs is 1. The standard InChI is InChI=1S/C32H26F3N5O2/c1-19(2)20-12-14-22(15-13-20)24-17-29(32(33,34)35)40-30(36-24)18-26(38-40)31(42)39-27(23-10-6-7-11-28(23)41)16-25(37-39)21-8-4-3-5-9-21/h3-15,17-19,27,41H,16H2,1-2H3. The fourth-order valence-electron chi connectivity index (χ4n) is 5.10. The number of aromatic hydroxyl groups is 1. The van der Waals surface area contributed by atoms with E-state index in [-0.39, 0.29) is 28.7 Å². The molecule has 1 N–H and O–H groups in total. The second kappa shape index (κ2) is 10.4. The van der Waals surface area contributed by atoms with Crippen LogP contribution in [0.2, 0.25) is 0 Å². The predicted octanol–water partition coefficient (Wildman–Crippen LogP) is 7.24. The number of phenolic OH excluding ortho intramolecular Hbond substituents is 1. The molecular weight excluding hydrogens is 543 g/mol. The van der Waals surface area contributed by atoms with Crippen LogP contribution in [0.5, 0.6) is 5.75 Å². The van der Waals surface area contributed by atoms with Crippen molar-refractivity contribution in [3.8, 4) is 17.0 Å². The fraction of sp³-hybridized carbons (Fsp3) is 0.188. The summed E-state index contributed by atoms with van der Waals surface area (Å²) in [6, 6.07) is 24.5. The van der Waals surface area contributed by atoms with Gasteiger partial charge in [-0.05, 0) is 29.2 Å². The molecule has 1 aliphatic rings. The van der Waals surface area contributed by atoms with Gasteiger partial charge in [-0.3, -0.25) is 4.79 Å². The van der Waals surface area contributed by atoms with Crippen LogP contribution in [0.15, 0.2) is 96.1 Å². The quantitative estimate of drug-likeness (QED) is 0.242. The number of amides is 1. The SMILES string of the molecule is CC(C)c1ccc(-c2cc(C(F)(F)F)n3nc(C(=O)N4N=C(c5ccccc5)CC4c4ccccc4O)cc3n2)cc1. The summed E-state index contributed by atoms with van der Waals surface area (Å²) in [6.07, 6.45) is -4.46. The number of aromatic nitrogens is 3. The van der Waals surface area contributed by atoms with Crippen molar-refractivity contribution < 1.29 is 23.1 Å². The molecule has 7 nitrogen and oxygen atoms in total. The van der Waals surface area contributed by atoms with Gasteiger partial charge in [0.05, 0.1) is 17.4 Å². The molecule has 0 fully saturated rings. The Balaban J connectivity index is 1.44. The molecular formula is C32H26F3N5O2. The third-order valence-electron chi connectivity index (χ3n) is 7.33. The maximum Gasteiger partial charge on any atom is 0.433 e. The number of para-hydroxylation sites is 1. The second-order valence-electron chi connectivity index (χ2n) is 10.4. The van der Waals surface area contributed by atoms with Gasteiger partial charge in [0.1, 0.15) is 5.75 Å². The van der Waals surface area contributed by atoms with Crippen molar-refractivity contribution in [2.24, 2.45) is 5.10 Å². The number of alkyl halides is 3. The molecule has 3 heterocycles. The van der Waals surface area contributed by atoms with Crippen LogP contribution in [0.25, 0.3) is 16.9 Å². The predicted molar refractivity (Wildman–Crippen MR) is 152 cm³/mol. The number of carbonyl (C=O) groups is 1. The van der Waals surface area contributed by atoms with Crippen LogP contribution in [0.4, 0.5) is 13.2 Å². The lowest BCUT2D eigenvalue weighted by Gasteiger charge is -2.21. The normalized spacial score (nSPS) is 15.4. The van der Waals surface area contributed by atoms with Crippen LogP contribution in [0.1, 0.15) is 65.1 Å². The van der Waals surface area contributed by atoms with Gasteiger partial charge in [-0.1, -0.05) is 86.6 Å². The van der Waals surface area contributed by atoms with Gasteiger partial charge in [-0.15, -0.1) is 0 Å². The molecule has 1 aliphatic heterocycles. The molecule has 1 amide bonds. The molecule has 42 heavy (non-hydrogen) atoms. The van der Waals surface area contributed by atoms with Gasteiger partial charge in [-0.2, -0.15) is 23.4 Å². The van der Waals surface area contributed by atoms with Gasteiger partial charge in [0.15, 0.2) is 17.0 Å². The molecule has 0 aliphatic carbocycles. The highest BCUT2D eigenvalue weighted by molar-refractivity contribution is 6.05. The summed E-state index contributed by atoms with van der Waals surface area (Å²) in [6.45, 7) is 4.06. The van der Waals surface area contributed by atoms with E-state index in [9.17, 15) is 23.1 Å². The van der Waals surface area contributed by atoms with Crippen LogP contribution in [-0.4, -0.2) is 36.3 Å². The van der Waals surface area contributed by atoms with Crippen molar-refractivity contribution in [1.29, 1.82) is 0 Å². The molecule has 0 bridgehead atoms. The third-order valence-corrected chi connectivity index (χ3v) is 7.33. The van der Waals surface area contributed by atoms with E-state index in [1.165, 1.54) is 17.1 Å². The van der Waals surface area contributed by atoms with E-state index in [1.54, 1.807) is 30.3 Å². The molecule has 212 valence electrons. The molecule has 1 unspecified atom stereocenters. The Kier molecular flexibility index (Phi) is 6.76. The van der Waals surface area contributed by atoms with Gasteiger partial charge in [0, 0.05) is 23.6 Å². The van der Waals surface area contributed by atoms with Crippen molar-refractivity contribution in [1.82, 2.24) is 19.6 Å². The number of rotatable bonds is 5. The Hall–Kier alpha value is -4.99. The van der Waals surface area contributed by atoms with E-state index in [1.807, 2.05) is 56.3 Å². The van der Waals surface area contributed by atoms with Gasteiger partial charge < -0.3 is 5.11 Å². The maximum atomic E-state index is 14.2. The highest BCUT2D eigenvalue weighted by atomic mass is 19.4. The number of nitrogens with zero attached hydrogens (tertiary/aromatic N) is 5. The zero-order valence-electron chi connectivity index (χ0n) is 22.7. The van der Waals surface area contributed by atoms with Crippen LogP contribution < -0.4 is 0 Å². The number of hydrazone groups is 1. The minimum absolute atomic E-state index is 0.0195. The Bertz CT molecular complexity index is 1810. The summed E-state index contributed by atoms with van der Waals surface area (Å²) in [4.78, 5) is 18.3. The van der Waals surface area contributed by atoms with Crippen molar-refractivity contribution in [2.75, 3.05) is 0 Å². The van der Waals surface area contributed by atoms with Crippen molar-refractivity contribution >= 4 is 17.3 Å². The lowest BCUT2D eigenvalue weighted by atomic mass is 9.97. The lowest BCUT2D eigenvalue weighted by Crippen LogP contribution is -2.27. The molecule has 10 heteroatoms. The molecule has 3 aromatic carbocycles. The summed E-state index contributed by atoms with van der Waals surface area (Å²) in [5.41, 5.74) is 2.10. The Morgan fingerprint density at radius 2 is 1.62 bits per heavy atom. The summed E-state index contributed by atoms with van der Waals surface area (Å²) in [5, 5.41) is 20.4. The number of carbonyl (C=O) groups excluding carboxylic acids is 1. The van der Waals surface area contributed by atoms with Crippen molar-refractivity contribution in [3.05, 3.63) is 119 Å². The van der Waals surface area contributed by atoms with Gasteiger partial charge in [0.25, 0.3) is 5.91 Å². The second-order valence-corrected chi connectivity index (χ2v) is 10.4. The first-order valence-corrected chi connectivity index (χ1v) is 13.4. The Labute approximate surface area is 239 Å². The topological polar surface area (TPSA) is 83.1 Å². The van der Waals surface area contributed by atoms with Gasteiger partial charge in [-0.25, -0.2) is 14.5 Å². The van der Waals surface area contributed by atoms with E-state index in [2.05, 4.69) is 15.2 Å². The third kappa shape index (κ3) is 5.00. The molecule has 2 aromatic heterocycles. The van der Waals surface area contributed by atoms with Crippen molar-refractivity contribution in [2.45, 2.75) is 38.4 Å². The molecule has 0 saturated heterocycles. The summed E-state index contributed by atoms with van der Waals surface area (Å²) < 4.78 is 43.3. The summed E-state index contributed by atoms with van der Waals surface area (Å²) in [5.74, 6) is -0.467. The first kappa shape index (κ1) is 27.2. The van der Waals surface area contributed by atoms with Crippen LogP contribution in [0.3, 0.4) is 0 Å². The number of hydrogen-bond acceptors (Lipinski definition) is 5. The fourth-order valence-corrected chi connectivity index (χ4v) is 5.10. The molecule has 5 aromatic rings. The van der Waals surface area contributed by atoms with E-state index in [4.69, 9.17) is 0 Å². The van der Waals surface area contributed by atoms with E-state index in [0.29, 0.717) is 27.8 Å². The van der Waals surface area contributed by atoms with E-state index < -0.39 is 23.8 Å². The Morgan fingerprint density at radius 3 is 2.29 bits per heavy atom. The zero-order chi connectivity index (χ0) is 29.6. The minimum atomic E-state index is -4.76. The molecule has 0 radical (unpaired) electrons. The van der Waals surface area contributed by atoms with E-state index >= 15 is 0 Å². The summed E-state index contributed by atoms with van der Waals surface area (Å²) in [7, 11) is 0. The minimum Gasteiger partial charge on any atom is -0.508 e. The smallest absolute Gasteiger partial charge is 0.433 e. The van der Waals surface area contributed by atoms with Gasteiger partial charge >= 0.3 is 6.18 Å². The first-order valence-electron chi connectivity index (χ1n) is 13.4. The number of halogens is 3. The summed E-state index contributed by atoms with van der Waals surface area (Å²) >= 11 is 0. The average Bonchev–Trinajstić information content (AvgIpc) is 3.62. The van der Waals surface area contributed by atoms with E-state index in [0.717, 1.165) is 17.2 Å². The van der Waals surface area contributed by atoms with Gasteiger partial charge in [0.2, 0.25) is 0 Å². The Morgan fingerprint density at radius 1 is 0.929 bits per heavy atom. The largest absolute Gasteiger partial charge is 0.508 e. The maximum absolute atomic E-state index is 14.2. The monoisotopic (exact) mass is 569 g/mol. The van der Waals surface area contributed by atoms with Crippen molar-refractivity contribution in [3.63, 3.8) is 0 Å². The molecule has 6 rings (SSSR count). The van der Waals surface area contributed by atoms with Crippen LogP contribution in [-0.2, 0) is 6.18 Å². The van der Waals surface area contributed by atoms with Crippen LogP contribution in [0, 0.1) is 0 Å². The van der Waals surface area contributed by atoms with Crippen LogP contribution >= 0.6 is 0 Å². The highest BCUT2D eigenvalue weighted by Crippen LogP contribution is 2.38. The number of phenols is 1. The molecule has 0 spiro atoms.